The molecule has 146 valence electrons. The van der Waals surface area contributed by atoms with E-state index in [1.807, 2.05) is 4.31 Å². The van der Waals surface area contributed by atoms with Crippen molar-refractivity contribution in [1.82, 2.24) is 14.1 Å². The van der Waals surface area contributed by atoms with Gasteiger partial charge in [-0.05, 0) is 58.2 Å². The largest absolute Gasteiger partial charge is 0.302 e. The monoisotopic (exact) mass is 371 g/mol. The van der Waals surface area contributed by atoms with Gasteiger partial charge in [-0.25, -0.2) is 8.42 Å². The molecule has 0 aromatic rings. The van der Waals surface area contributed by atoms with E-state index in [1.165, 1.54) is 57.6 Å². The Hall–Kier alpha value is -0.170. The quantitative estimate of drug-likeness (QED) is 0.720. The van der Waals surface area contributed by atoms with E-state index >= 15 is 0 Å². The number of hydrogen-bond donors (Lipinski definition) is 0. The maximum Gasteiger partial charge on any atom is 0.211 e. The molecule has 0 radical (unpaired) electrons. The summed E-state index contributed by atoms with van der Waals surface area (Å²) in [7, 11) is -3.14. The fourth-order valence-electron chi connectivity index (χ4n) is 5.04. The lowest BCUT2D eigenvalue weighted by molar-refractivity contribution is 0.0835. The van der Waals surface area contributed by atoms with Gasteiger partial charge < -0.3 is 4.90 Å². The number of piperidine rings is 2. The molecule has 1 saturated carbocycles. The van der Waals surface area contributed by atoms with Gasteiger partial charge in [0, 0.05) is 31.7 Å². The summed E-state index contributed by atoms with van der Waals surface area (Å²) in [6, 6.07) is 0.871. The van der Waals surface area contributed by atoms with Crippen molar-refractivity contribution in [3.05, 3.63) is 0 Å². The van der Waals surface area contributed by atoms with Crippen molar-refractivity contribution >= 4 is 10.0 Å². The van der Waals surface area contributed by atoms with E-state index < -0.39 is 10.0 Å². The van der Waals surface area contributed by atoms with Gasteiger partial charge in [-0.2, -0.15) is 4.31 Å². The second kappa shape index (κ2) is 9.16. The minimum Gasteiger partial charge on any atom is -0.302 e. The van der Waals surface area contributed by atoms with Crippen LogP contribution in [0.3, 0.4) is 0 Å². The summed E-state index contributed by atoms with van der Waals surface area (Å²) >= 11 is 0. The van der Waals surface area contributed by atoms with Crippen molar-refractivity contribution in [2.45, 2.75) is 76.3 Å². The van der Waals surface area contributed by atoms with Crippen LogP contribution in [0, 0.1) is 0 Å². The Kier molecular flexibility index (Phi) is 7.17. The Morgan fingerprint density at radius 1 is 0.880 bits per heavy atom. The van der Waals surface area contributed by atoms with Gasteiger partial charge in [-0.3, -0.25) is 4.90 Å². The maximum absolute atomic E-state index is 12.5. The van der Waals surface area contributed by atoms with Gasteiger partial charge in [0.25, 0.3) is 0 Å². The van der Waals surface area contributed by atoms with Crippen molar-refractivity contribution in [3.8, 4) is 0 Å². The summed E-state index contributed by atoms with van der Waals surface area (Å²) in [6.45, 7) is 5.94. The van der Waals surface area contributed by atoms with E-state index in [2.05, 4.69) is 9.80 Å². The number of nitrogens with zero attached hydrogens (tertiary/aromatic N) is 3. The highest BCUT2D eigenvalue weighted by Gasteiger charge is 2.33. The molecule has 6 heteroatoms. The Labute approximate surface area is 154 Å². The Bertz CT molecular complexity index is 499. The Balaban J connectivity index is 1.59. The predicted octanol–water partition coefficient (Wildman–Crippen LogP) is 2.53. The molecule has 3 aliphatic rings. The first-order chi connectivity index (χ1) is 12.0. The zero-order chi connectivity index (χ0) is 17.7. The zero-order valence-electron chi connectivity index (χ0n) is 16.0. The molecule has 25 heavy (non-hydrogen) atoms. The zero-order valence-corrected chi connectivity index (χ0v) is 16.9. The van der Waals surface area contributed by atoms with Gasteiger partial charge in [0.1, 0.15) is 0 Å². The van der Waals surface area contributed by atoms with Gasteiger partial charge in [0.05, 0.1) is 6.26 Å². The molecule has 1 aliphatic carbocycles. The van der Waals surface area contributed by atoms with Crippen LogP contribution in [-0.2, 0) is 10.0 Å². The van der Waals surface area contributed by atoms with Gasteiger partial charge in [0.15, 0.2) is 0 Å². The van der Waals surface area contributed by atoms with Crippen LogP contribution >= 0.6 is 0 Å². The fourth-order valence-corrected chi connectivity index (χ4v) is 6.17. The van der Waals surface area contributed by atoms with E-state index in [4.69, 9.17) is 0 Å². The molecule has 2 saturated heterocycles. The molecule has 0 aromatic heterocycles. The number of hydrogen-bond acceptors (Lipinski definition) is 4. The molecule has 2 heterocycles. The minimum absolute atomic E-state index is 0.176. The fraction of sp³-hybridized carbons (Fsp3) is 1.00. The number of sulfonamides is 1. The average Bonchev–Trinajstić information content (AvgIpc) is 2.63. The first kappa shape index (κ1) is 19.6. The van der Waals surface area contributed by atoms with E-state index in [1.54, 1.807) is 0 Å². The summed E-state index contributed by atoms with van der Waals surface area (Å²) in [5.41, 5.74) is 0. The summed E-state index contributed by atoms with van der Waals surface area (Å²) in [4.78, 5) is 5.05. The number of rotatable bonds is 6. The third-order valence-electron chi connectivity index (χ3n) is 6.44. The normalized spacial score (nSPS) is 28.5. The molecular weight excluding hydrogens is 334 g/mol. The summed E-state index contributed by atoms with van der Waals surface area (Å²) in [5.74, 6) is 0. The lowest BCUT2D eigenvalue weighted by Gasteiger charge is -2.43. The average molecular weight is 372 g/mol. The molecule has 3 rings (SSSR count). The van der Waals surface area contributed by atoms with Crippen LogP contribution in [-0.4, -0.2) is 80.1 Å². The second-order valence-corrected chi connectivity index (χ2v) is 10.3. The van der Waals surface area contributed by atoms with Crippen LogP contribution in [0.25, 0.3) is 0 Å². The van der Waals surface area contributed by atoms with Gasteiger partial charge in [0.2, 0.25) is 10.0 Å². The Morgan fingerprint density at radius 3 is 2.24 bits per heavy atom. The lowest BCUT2D eigenvalue weighted by atomic mass is 9.92. The topological polar surface area (TPSA) is 43.9 Å². The van der Waals surface area contributed by atoms with Crippen molar-refractivity contribution < 1.29 is 8.42 Å². The van der Waals surface area contributed by atoms with Crippen LogP contribution < -0.4 is 0 Å². The molecule has 0 amide bonds. The molecule has 0 aromatic carbocycles. The maximum atomic E-state index is 12.5. The van der Waals surface area contributed by atoms with E-state index in [0.717, 1.165) is 45.6 Å². The van der Waals surface area contributed by atoms with E-state index in [0.29, 0.717) is 12.6 Å². The lowest BCUT2D eigenvalue weighted by Crippen LogP contribution is -2.54. The van der Waals surface area contributed by atoms with Crippen molar-refractivity contribution in [1.29, 1.82) is 0 Å². The summed E-state index contributed by atoms with van der Waals surface area (Å²) < 4.78 is 26.8. The highest BCUT2D eigenvalue weighted by Crippen LogP contribution is 2.27. The highest BCUT2D eigenvalue weighted by molar-refractivity contribution is 7.88. The minimum atomic E-state index is -3.14. The van der Waals surface area contributed by atoms with Crippen molar-refractivity contribution in [3.63, 3.8) is 0 Å². The van der Waals surface area contributed by atoms with Gasteiger partial charge in [-0.1, -0.05) is 25.7 Å². The van der Waals surface area contributed by atoms with Crippen molar-refractivity contribution in [2.24, 2.45) is 0 Å². The first-order valence-corrected chi connectivity index (χ1v) is 12.3. The first-order valence-electron chi connectivity index (χ1n) is 10.5. The van der Waals surface area contributed by atoms with Crippen LogP contribution in [0.4, 0.5) is 0 Å². The third kappa shape index (κ3) is 5.65. The van der Waals surface area contributed by atoms with E-state index in [-0.39, 0.29) is 6.04 Å². The van der Waals surface area contributed by atoms with Crippen LogP contribution in [0.15, 0.2) is 0 Å². The summed E-state index contributed by atoms with van der Waals surface area (Å²) in [6.07, 6.45) is 14.1. The molecule has 1 atom stereocenters. The molecule has 2 aliphatic heterocycles. The number of likely N-dealkylation sites (tertiary alicyclic amines) is 2. The third-order valence-corrected chi connectivity index (χ3v) is 7.77. The van der Waals surface area contributed by atoms with E-state index in [9.17, 15) is 8.42 Å². The van der Waals surface area contributed by atoms with Gasteiger partial charge >= 0.3 is 0 Å². The molecule has 5 nitrogen and oxygen atoms in total. The van der Waals surface area contributed by atoms with Crippen LogP contribution in [0.2, 0.25) is 0 Å². The standard InChI is InChI=1S/C19H37N3O2S/c1-25(23,24)22(16-15-20-12-6-3-7-13-20)19-11-8-14-21(17-19)18-9-4-2-5-10-18/h18-19H,2-17H2,1H3. The molecular formula is C19H37N3O2S. The molecule has 3 fully saturated rings. The van der Waals surface area contributed by atoms with Crippen LogP contribution in [0.5, 0.6) is 0 Å². The van der Waals surface area contributed by atoms with Crippen molar-refractivity contribution in [2.75, 3.05) is 45.5 Å². The Morgan fingerprint density at radius 2 is 1.56 bits per heavy atom. The predicted molar refractivity (Wildman–Crippen MR) is 103 cm³/mol. The molecule has 0 spiro atoms. The summed E-state index contributed by atoms with van der Waals surface area (Å²) in [5, 5.41) is 0. The SMILES string of the molecule is CS(=O)(=O)N(CCN1CCCCC1)C1CCCN(C2CCCCC2)C1. The van der Waals surface area contributed by atoms with Crippen LogP contribution in [0.1, 0.15) is 64.2 Å². The highest BCUT2D eigenvalue weighted by atomic mass is 32.2. The molecule has 0 bridgehead atoms. The smallest absolute Gasteiger partial charge is 0.211 e. The van der Waals surface area contributed by atoms with Gasteiger partial charge in [-0.15, -0.1) is 0 Å². The molecule has 0 N–H and O–H groups in total. The second-order valence-electron chi connectivity index (χ2n) is 8.36. The molecule has 1 unspecified atom stereocenters.